The summed E-state index contributed by atoms with van der Waals surface area (Å²) in [5.41, 5.74) is 3.67. The molecule has 0 saturated carbocycles. The van der Waals surface area contributed by atoms with E-state index in [0.717, 1.165) is 27.2 Å². The van der Waals surface area contributed by atoms with Gasteiger partial charge in [-0.15, -0.1) is 0 Å². The zero-order valence-electron chi connectivity index (χ0n) is 18.9. The third-order valence-electron chi connectivity index (χ3n) is 5.93. The Balaban J connectivity index is 1.41. The summed E-state index contributed by atoms with van der Waals surface area (Å²) in [6.07, 6.45) is -1.13. The number of fused-ring (bicyclic) bond motifs is 3. The van der Waals surface area contributed by atoms with Crippen molar-refractivity contribution in [2.75, 3.05) is 13.2 Å². The van der Waals surface area contributed by atoms with Gasteiger partial charge in [0.1, 0.15) is 12.2 Å². The Bertz CT molecular complexity index is 1030. The topological polar surface area (TPSA) is 105 Å². The van der Waals surface area contributed by atoms with Gasteiger partial charge in [-0.05, 0) is 49.4 Å². The molecule has 1 fully saturated rings. The molecule has 2 atom stereocenters. The first-order valence-corrected chi connectivity index (χ1v) is 11.0. The maximum Gasteiger partial charge on any atom is 0.411 e. The van der Waals surface area contributed by atoms with E-state index >= 15 is 0 Å². The maximum absolute atomic E-state index is 12.6. The molecule has 2 amide bonds. The van der Waals surface area contributed by atoms with Gasteiger partial charge in [0.2, 0.25) is 0 Å². The van der Waals surface area contributed by atoms with Crippen LogP contribution >= 0.6 is 0 Å². The summed E-state index contributed by atoms with van der Waals surface area (Å²) >= 11 is 0. The molecule has 1 saturated heterocycles. The van der Waals surface area contributed by atoms with Crippen molar-refractivity contribution in [3.05, 3.63) is 59.7 Å². The third kappa shape index (κ3) is 4.65. The molecular weight excluding hydrogens is 424 g/mol. The second kappa shape index (κ2) is 8.77. The number of rotatable bonds is 4. The van der Waals surface area contributed by atoms with Crippen LogP contribution < -0.4 is 5.32 Å². The minimum atomic E-state index is -1.22. The standard InChI is InChI=1S/C25H28N2O6/c1-25(2,3)33-24(31)27-13-12-20(21(27)22(28)29)26-23(30)32-14-19-17-10-6-4-8-15(17)16-9-5-7-11-18(16)19/h4-11,19-21H,12-14H2,1-3H3,(H,26,30)(H,28,29)/t20-,21-/m1/s1. The molecule has 2 aliphatic rings. The summed E-state index contributed by atoms with van der Waals surface area (Å²) in [6.45, 7) is 5.43. The lowest BCUT2D eigenvalue weighted by molar-refractivity contribution is -0.142. The molecule has 0 bridgehead atoms. The van der Waals surface area contributed by atoms with Crippen LogP contribution in [0.5, 0.6) is 0 Å². The average molecular weight is 453 g/mol. The number of benzene rings is 2. The van der Waals surface area contributed by atoms with Gasteiger partial charge < -0.3 is 19.9 Å². The van der Waals surface area contributed by atoms with Gasteiger partial charge in [0.05, 0.1) is 6.04 Å². The summed E-state index contributed by atoms with van der Waals surface area (Å²) in [4.78, 5) is 38.0. The highest BCUT2D eigenvalue weighted by molar-refractivity contribution is 5.83. The van der Waals surface area contributed by atoms with Crippen LogP contribution in [-0.4, -0.2) is 59.0 Å². The summed E-state index contributed by atoms with van der Waals surface area (Å²) in [5, 5.41) is 12.3. The van der Waals surface area contributed by atoms with E-state index in [1.54, 1.807) is 20.8 Å². The van der Waals surface area contributed by atoms with Crippen molar-refractivity contribution in [3.63, 3.8) is 0 Å². The molecule has 0 unspecified atom stereocenters. The Kier molecular flexibility index (Phi) is 6.01. The molecular formula is C25H28N2O6. The molecule has 1 aliphatic carbocycles. The van der Waals surface area contributed by atoms with E-state index in [-0.39, 0.29) is 19.1 Å². The van der Waals surface area contributed by atoms with E-state index in [2.05, 4.69) is 17.4 Å². The van der Waals surface area contributed by atoms with Crippen molar-refractivity contribution < 1.29 is 29.0 Å². The first kappa shape index (κ1) is 22.6. The number of ether oxygens (including phenoxy) is 2. The summed E-state index contributed by atoms with van der Waals surface area (Å²) < 4.78 is 10.8. The quantitative estimate of drug-likeness (QED) is 0.727. The Morgan fingerprint density at radius 2 is 1.61 bits per heavy atom. The van der Waals surface area contributed by atoms with Gasteiger partial charge in [0.15, 0.2) is 6.04 Å². The highest BCUT2D eigenvalue weighted by atomic mass is 16.6. The van der Waals surface area contributed by atoms with Gasteiger partial charge in [-0.2, -0.15) is 0 Å². The predicted octanol–water partition coefficient (Wildman–Crippen LogP) is 3.99. The lowest BCUT2D eigenvalue weighted by Crippen LogP contribution is -2.52. The molecule has 2 aromatic rings. The number of carboxylic acids is 1. The molecule has 33 heavy (non-hydrogen) atoms. The van der Waals surface area contributed by atoms with E-state index in [9.17, 15) is 19.5 Å². The summed E-state index contributed by atoms with van der Waals surface area (Å²) in [5.74, 6) is -1.30. The van der Waals surface area contributed by atoms with Gasteiger partial charge >= 0.3 is 18.2 Å². The minimum absolute atomic E-state index is 0.0970. The number of alkyl carbamates (subject to hydrolysis) is 1. The smallest absolute Gasteiger partial charge is 0.411 e. The van der Waals surface area contributed by atoms with E-state index in [0.29, 0.717) is 6.42 Å². The lowest BCUT2D eigenvalue weighted by atomic mass is 9.98. The SMILES string of the molecule is CC(C)(C)OC(=O)N1CC[C@@H](NC(=O)OCC2c3ccccc3-c3ccccc32)[C@@H]1C(=O)O. The highest BCUT2D eigenvalue weighted by Crippen LogP contribution is 2.44. The number of nitrogens with zero attached hydrogens (tertiary/aromatic N) is 1. The minimum Gasteiger partial charge on any atom is -0.480 e. The number of likely N-dealkylation sites (tertiary alicyclic amines) is 1. The van der Waals surface area contributed by atoms with Crippen LogP contribution in [0, 0.1) is 0 Å². The van der Waals surface area contributed by atoms with Crippen molar-refractivity contribution in [2.45, 2.75) is 50.8 Å². The zero-order chi connectivity index (χ0) is 23.8. The van der Waals surface area contributed by atoms with Gasteiger partial charge in [-0.1, -0.05) is 48.5 Å². The van der Waals surface area contributed by atoms with Crippen LogP contribution in [0.25, 0.3) is 11.1 Å². The number of hydrogen-bond donors (Lipinski definition) is 2. The van der Waals surface area contributed by atoms with Crippen LogP contribution in [0.3, 0.4) is 0 Å². The van der Waals surface area contributed by atoms with Crippen molar-refractivity contribution in [3.8, 4) is 11.1 Å². The Labute approximate surface area is 192 Å². The molecule has 0 radical (unpaired) electrons. The van der Waals surface area contributed by atoms with Crippen molar-refractivity contribution in [1.82, 2.24) is 10.2 Å². The first-order valence-electron chi connectivity index (χ1n) is 11.0. The van der Waals surface area contributed by atoms with Crippen LogP contribution in [0.1, 0.15) is 44.2 Å². The van der Waals surface area contributed by atoms with Gasteiger partial charge in [0.25, 0.3) is 0 Å². The fraction of sp³-hybridized carbons (Fsp3) is 0.400. The van der Waals surface area contributed by atoms with Gasteiger partial charge in [0, 0.05) is 12.5 Å². The molecule has 0 spiro atoms. The Hall–Kier alpha value is -3.55. The van der Waals surface area contributed by atoms with E-state index in [1.165, 1.54) is 0 Å². The number of carbonyl (C=O) groups excluding carboxylic acids is 2. The summed E-state index contributed by atoms with van der Waals surface area (Å²) in [7, 11) is 0. The third-order valence-corrected chi connectivity index (χ3v) is 5.93. The van der Waals surface area contributed by atoms with Crippen LogP contribution in [-0.2, 0) is 14.3 Å². The number of nitrogens with one attached hydrogen (secondary N) is 1. The zero-order valence-corrected chi connectivity index (χ0v) is 18.9. The number of carboxylic acid groups (broad SMARTS) is 1. The molecule has 1 heterocycles. The van der Waals surface area contributed by atoms with Gasteiger partial charge in [-0.25, -0.2) is 14.4 Å². The molecule has 174 valence electrons. The molecule has 8 heteroatoms. The summed E-state index contributed by atoms with van der Waals surface area (Å²) in [6, 6.07) is 14.0. The van der Waals surface area contributed by atoms with E-state index < -0.39 is 35.8 Å². The van der Waals surface area contributed by atoms with Crippen LogP contribution in [0.4, 0.5) is 9.59 Å². The maximum atomic E-state index is 12.6. The van der Waals surface area contributed by atoms with Crippen molar-refractivity contribution in [1.29, 1.82) is 0 Å². The Morgan fingerprint density at radius 3 is 2.15 bits per heavy atom. The number of carbonyl (C=O) groups is 3. The number of aliphatic carboxylic acids is 1. The molecule has 4 rings (SSSR count). The predicted molar refractivity (Wildman–Crippen MR) is 121 cm³/mol. The van der Waals surface area contributed by atoms with Crippen molar-refractivity contribution in [2.24, 2.45) is 0 Å². The highest BCUT2D eigenvalue weighted by Gasteiger charge is 2.44. The molecule has 8 nitrogen and oxygen atoms in total. The molecule has 1 aliphatic heterocycles. The fourth-order valence-corrected chi connectivity index (χ4v) is 4.57. The molecule has 2 N–H and O–H groups in total. The average Bonchev–Trinajstić information content (AvgIpc) is 3.30. The second-order valence-electron chi connectivity index (χ2n) is 9.32. The van der Waals surface area contributed by atoms with E-state index in [4.69, 9.17) is 9.47 Å². The molecule has 2 aromatic carbocycles. The van der Waals surface area contributed by atoms with Crippen LogP contribution in [0.15, 0.2) is 48.5 Å². The first-order chi connectivity index (χ1) is 15.7. The fourth-order valence-electron chi connectivity index (χ4n) is 4.57. The van der Waals surface area contributed by atoms with Crippen LogP contribution in [0.2, 0.25) is 0 Å². The molecule has 0 aromatic heterocycles. The monoisotopic (exact) mass is 452 g/mol. The lowest BCUT2D eigenvalue weighted by Gasteiger charge is -2.28. The Morgan fingerprint density at radius 1 is 1.03 bits per heavy atom. The van der Waals surface area contributed by atoms with E-state index in [1.807, 2.05) is 36.4 Å². The number of amides is 2. The van der Waals surface area contributed by atoms with Gasteiger partial charge in [-0.3, -0.25) is 4.90 Å². The normalized spacial score (nSPS) is 19.5. The van der Waals surface area contributed by atoms with Crippen molar-refractivity contribution >= 4 is 18.2 Å². The largest absolute Gasteiger partial charge is 0.480 e. The number of hydrogen-bond acceptors (Lipinski definition) is 5. The second-order valence-corrected chi connectivity index (χ2v) is 9.32.